The average Bonchev–Trinajstić information content (AvgIpc) is 2.26. The van der Waals surface area contributed by atoms with E-state index in [-0.39, 0.29) is 30.3 Å². The highest BCUT2D eigenvalue weighted by atomic mass is 35.5. The van der Waals surface area contributed by atoms with Gasteiger partial charge in [-0.15, -0.1) is 12.4 Å². The van der Waals surface area contributed by atoms with Crippen LogP contribution in [0.15, 0.2) is 0 Å². The molecule has 0 aromatic heterocycles. The molecule has 2 unspecified atom stereocenters. The summed E-state index contributed by atoms with van der Waals surface area (Å²) in [4.78, 5) is 13.8. The SMILES string of the molecule is CCC1COCCN1C(=O)C(C)CN.Cl. The van der Waals surface area contributed by atoms with Crippen molar-refractivity contribution in [1.29, 1.82) is 0 Å². The molecule has 0 bridgehead atoms. The van der Waals surface area contributed by atoms with Crippen molar-refractivity contribution in [2.24, 2.45) is 11.7 Å². The van der Waals surface area contributed by atoms with Gasteiger partial charge in [0.15, 0.2) is 0 Å². The number of hydrogen-bond acceptors (Lipinski definition) is 3. The number of carbonyl (C=O) groups excluding carboxylic acids is 1. The molecule has 0 saturated carbocycles. The van der Waals surface area contributed by atoms with Crippen LogP contribution in [-0.4, -0.2) is 43.2 Å². The summed E-state index contributed by atoms with van der Waals surface area (Å²) in [6, 6.07) is 0.241. The zero-order chi connectivity index (χ0) is 10.6. The fourth-order valence-electron chi connectivity index (χ4n) is 1.67. The van der Waals surface area contributed by atoms with Crippen LogP contribution >= 0.6 is 12.4 Å². The Hall–Kier alpha value is -0.320. The van der Waals surface area contributed by atoms with Gasteiger partial charge in [-0.05, 0) is 6.42 Å². The number of hydrogen-bond donors (Lipinski definition) is 1. The molecule has 0 aliphatic carbocycles. The van der Waals surface area contributed by atoms with Gasteiger partial charge in [0.25, 0.3) is 0 Å². The maximum atomic E-state index is 11.9. The van der Waals surface area contributed by atoms with Gasteiger partial charge in [0.05, 0.1) is 19.3 Å². The first-order valence-electron chi connectivity index (χ1n) is 5.29. The summed E-state index contributed by atoms with van der Waals surface area (Å²) < 4.78 is 5.34. The highest BCUT2D eigenvalue weighted by Gasteiger charge is 2.28. The van der Waals surface area contributed by atoms with Crippen LogP contribution in [0.25, 0.3) is 0 Å². The molecule has 1 fully saturated rings. The van der Waals surface area contributed by atoms with E-state index in [1.54, 1.807) is 0 Å². The number of halogens is 1. The van der Waals surface area contributed by atoms with E-state index >= 15 is 0 Å². The van der Waals surface area contributed by atoms with Crippen molar-refractivity contribution in [3.8, 4) is 0 Å². The van der Waals surface area contributed by atoms with Crippen molar-refractivity contribution in [2.45, 2.75) is 26.3 Å². The largest absolute Gasteiger partial charge is 0.377 e. The Morgan fingerprint density at radius 2 is 2.33 bits per heavy atom. The highest BCUT2D eigenvalue weighted by molar-refractivity contribution is 5.85. The van der Waals surface area contributed by atoms with Crippen LogP contribution in [-0.2, 0) is 9.53 Å². The van der Waals surface area contributed by atoms with E-state index in [0.29, 0.717) is 26.3 Å². The molecule has 0 aromatic rings. The van der Waals surface area contributed by atoms with Crippen molar-refractivity contribution in [3.63, 3.8) is 0 Å². The van der Waals surface area contributed by atoms with Gasteiger partial charge in [-0.1, -0.05) is 13.8 Å². The number of morpholine rings is 1. The molecule has 1 amide bonds. The summed E-state index contributed by atoms with van der Waals surface area (Å²) in [5.74, 6) is 0.102. The summed E-state index contributed by atoms with van der Waals surface area (Å²) in [5.41, 5.74) is 5.49. The van der Waals surface area contributed by atoms with Crippen molar-refractivity contribution in [2.75, 3.05) is 26.3 Å². The van der Waals surface area contributed by atoms with Crippen molar-refractivity contribution >= 4 is 18.3 Å². The quantitative estimate of drug-likeness (QED) is 0.783. The van der Waals surface area contributed by atoms with E-state index in [1.165, 1.54) is 0 Å². The van der Waals surface area contributed by atoms with Crippen LogP contribution in [0.5, 0.6) is 0 Å². The molecule has 2 atom stereocenters. The van der Waals surface area contributed by atoms with Gasteiger partial charge in [0, 0.05) is 19.0 Å². The Labute approximate surface area is 97.5 Å². The zero-order valence-electron chi connectivity index (χ0n) is 9.44. The third kappa shape index (κ3) is 3.63. The topological polar surface area (TPSA) is 55.6 Å². The first-order chi connectivity index (χ1) is 6.70. The molecule has 1 saturated heterocycles. The van der Waals surface area contributed by atoms with Gasteiger partial charge in [0.1, 0.15) is 0 Å². The maximum absolute atomic E-state index is 11.9. The Morgan fingerprint density at radius 3 is 2.87 bits per heavy atom. The Balaban J connectivity index is 0.00000196. The first kappa shape index (κ1) is 14.7. The summed E-state index contributed by atoms with van der Waals surface area (Å²) in [6.45, 7) is 6.41. The minimum Gasteiger partial charge on any atom is -0.377 e. The lowest BCUT2D eigenvalue weighted by molar-refractivity contribution is -0.143. The molecule has 0 radical (unpaired) electrons. The second-order valence-electron chi connectivity index (χ2n) is 3.81. The van der Waals surface area contributed by atoms with E-state index in [0.717, 1.165) is 6.42 Å². The molecule has 0 aromatic carbocycles. The van der Waals surface area contributed by atoms with Crippen LogP contribution in [0, 0.1) is 5.92 Å². The highest BCUT2D eigenvalue weighted by Crippen LogP contribution is 2.13. The Morgan fingerprint density at radius 1 is 1.67 bits per heavy atom. The first-order valence-corrected chi connectivity index (χ1v) is 5.29. The third-order valence-electron chi connectivity index (χ3n) is 2.76. The standard InChI is InChI=1S/C10H20N2O2.ClH/c1-3-9-7-14-5-4-12(9)10(13)8(2)6-11;/h8-9H,3-7,11H2,1-2H3;1H. The third-order valence-corrected chi connectivity index (χ3v) is 2.76. The molecule has 1 aliphatic heterocycles. The molecule has 5 heteroatoms. The van der Waals surface area contributed by atoms with E-state index in [2.05, 4.69) is 6.92 Å². The molecule has 15 heavy (non-hydrogen) atoms. The number of nitrogens with zero attached hydrogens (tertiary/aromatic N) is 1. The molecule has 2 N–H and O–H groups in total. The fourth-order valence-corrected chi connectivity index (χ4v) is 1.67. The predicted octanol–water partition coefficient (Wildman–Crippen LogP) is 0.640. The molecule has 0 spiro atoms. The molecule has 1 heterocycles. The lowest BCUT2D eigenvalue weighted by Crippen LogP contribution is -2.51. The van der Waals surface area contributed by atoms with Crippen LogP contribution < -0.4 is 5.73 Å². The molecule has 1 rings (SSSR count). The van der Waals surface area contributed by atoms with Gasteiger partial charge in [-0.25, -0.2) is 0 Å². The summed E-state index contributed by atoms with van der Waals surface area (Å²) in [6.07, 6.45) is 0.947. The number of rotatable bonds is 3. The van der Waals surface area contributed by atoms with Crippen LogP contribution in [0.4, 0.5) is 0 Å². The van der Waals surface area contributed by atoms with E-state index in [1.807, 2.05) is 11.8 Å². The monoisotopic (exact) mass is 236 g/mol. The molecule has 4 nitrogen and oxygen atoms in total. The van der Waals surface area contributed by atoms with Gasteiger partial charge >= 0.3 is 0 Å². The summed E-state index contributed by atoms with van der Waals surface area (Å²) in [5, 5.41) is 0. The van der Waals surface area contributed by atoms with Gasteiger partial charge < -0.3 is 15.4 Å². The molecule has 90 valence electrons. The van der Waals surface area contributed by atoms with Crippen molar-refractivity contribution in [1.82, 2.24) is 4.90 Å². The predicted molar refractivity (Wildman–Crippen MR) is 62.1 cm³/mol. The Bertz CT molecular complexity index is 202. The van der Waals surface area contributed by atoms with Crippen molar-refractivity contribution < 1.29 is 9.53 Å². The van der Waals surface area contributed by atoms with Gasteiger partial charge in [-0.2, -0.15) is 0 Å². The smallest absolute Gasteiger partial charge is 0.227 e. The zero-order valence-corrected chi connectivity index (χ0v) is 10.3. The average molecular weight is 237 g/mol. The number of ether oxygens (including phenoxy) is 1. The van der Waals surface area contributed by atoms with E-state index < -0.39 is 0 Å². The minimum atomic E-state index is -0.0675. The lowest BCUT2D eigenvalue weighted by Gasteiger charge is -2.36. The maximum Gasteiger partial charge on any atom is 0.227 e. The molecule has 1 aliphatic rings. The van der Waals surface area contributed by atoms with Crippen molar-refractivity contribution in [3.05, 3.63) is 0 Å². The summed E-state index contributed by atoms with van der Waals surface area (Å²) >= 11 is 0. The minimum absolute atomic E-state index is 0. The second-order valence-corrected chi connectivity index (χ2v) is 3.81. The molecular weight excluding hydrogens is 216 g/mol. The van der Waals surface area contributed by atoms with Crippen LogP contribution in [0.3, 0.4) is 0 Å². The van der Waals surface area contributed by atoms with Gasteiger partial charge in [-0.3, -0.25) is 4.79 Å². The lowest BCUT2D eigenvalue weighted by atomic mass is 10.1. The molecular formula is C10H21ClN2O2. The van der Waals surface area contributed by atoms with E-state index in [9.17, 15) is 4.79 Å². The number of amides is 1. The van der Waals surface area contributed by atoms with Crippen LogP contribution in [0.1, 0.15) is 20.3 Å². The van der Waals surface area contributed by atoms with Crippen LogP contribution in [0.2, 0.25) is 0 Å². The fraction of sp³-hybridized carbons (Fsp3) is 0.900. The number of nitrogens with two attached hydrogens (primary N) is 1. The normalized spacial score (nSPS) is 23.1. The summed E-state index contributed by atoms with van der Waals surface area (Å²) in [7, 11) is 0. The number of carbonyl (C=O) groups is 1. The second kappa shape index (κ2) is 7.04. The Kier molecular flexibility index (Phi) is 6.89. The van der Waals surface area contributed by atoms with E-state index in [4.69, 9.17) is 10.5 Å². The van der Waals surface area contributed by atoms with Gasteiger partial charge in [0.2, 0.25) is 5.91 Å².